The number of nitrogens with two attached hydrogens (primary N) is 1. The zero-order valence-corrected chi connectivity index (χ0v) is 15.0. The van der Waals surface area contributed by atoms with Crippen LogP contribution in [0.2, 0.25) is 0 Å². The number of carboxylic acid groups (broad SMARTS) is 1. The van der Waals surface area contributed by atoms with E-state index in [0.29, 0.717) is 19.5 Å². The summed E-state index contributed by atoms with van der Waals surface area (Å²) < 4.78 is 58.2. The van der Waals surface area contributed by atoms with Gasteiger partial charge in [0.15, 0.2) is 0 Å². The zero-order chi connectivity index (χ0) is 19.8. The zero-order valence-electron chi connectivity index (χ0n) is 14.2. The summed E-state index contributed by atoms with van der Waals surface area (Å²) in [5.74, 6) is -2.58. The van der Waals surface area contributed by atoms with E-state index in [1.807, 2.05) is 30.3 Å². The largest absolute Gasteiger partial charge is 0.490 e. The van der Waals surface area contributed by atoms with Gasteiger partial charge in [-0.15, -0.1) is 0 Å². The van der Waals surface area contributed by atoms with Gasteiger partial charge in [-0.25, -0.2) is 13.2 Å². The van der Waals surface area contributed by atoms with Crippen molar-refractivity contribution in [3.05, 3.63) is 35.9 Å². The molecular formula is C16H23F3N2O4S. The van der Waals surface area contributed by atoms with E-state index < -0.39 is 22.2 Å². The van der Waals surface area contributed by atoms with E-state index in [1.165, 1.54) is 0 Å². The predicted molar refractivity (Wildman–Crippen MR) is 91.0 cm³/mol. The van der Waals surface area contributed by atoms with E-state index in [1.54, 1.807) is 4.31 Å². The highest BCUT2D eigenvalue weighted by Gasteiger charge is 2.38. The first-order valence-corrected chi connectivity index (χ1v) is 9.72. The number of nitrogens with zero attached hydrogens (tertiary/aromatic N) is 1. The maximum Gasteiger partial charge on any atom is 0.490 e. The van der Waals surface area contributed by atoms with Crippen molar-refractivity contribution < 1.29 is 31.5 Å². The summed E-state index contributed by atoms with van der Waals surface area (Å²) in [6.45, 7) is 1.05. The molecule has 0 amide bonds. The summed E-state index contributed by atoms with van der Waals surface area (Å²) in [6.07, 6.45) is -1.61. The van der Waals surface area contributed by atoms with Gasteiger partial charge in [0.25, 0.3) is 0 Å². The van der Waals surface area contributed by atoms with Gasteiger partial charge in [-0.05, 0) is 24.8 Å². The van der Waals surface area contributed by atoms with Gasteiger partial charge in [-0.1, -0.05) is 36.8 Å². The number of halogens is 3. The Hall–Kier alpha value is -1.65. The van der Waals surface area contributed by atoms with Crippen LogP contribution in [0.3, 0.4) is 0 Å². The molecule has 2 rings (SSSR count). The first-order chi connectivity index (χ1) is 12.1. The van der Waals surface area contributed by atoms with Gasteiger partial charge in [-0.3, -0.25) is 0 Å². The molecule has 1 aliphatic heterocycles. The van der Waals surface area contributed by atoms with E-state index in [4.69, 9.17) is 15.6 Å². The number of carboxylic acids is 1. The van der Waals surface area contributed by atoms with Gasteiger partial charge in [0.2, 0.25) is 10.0 Å². The minimum Gasteiger partial charge on any atom is -0.475 e. The van der Waals surface area contributed by atoms with Crippen LogP contribution < -0.4 is 5.73 Å². The first-order valence-electron chi connectivity index (χ1n) is 8.11. The van der Waals surface area contributed by atoms with E-state index in [0.717, 1.165) is 24.8 Å². The Balaban J connectivity index is 0.000000412. The van der Waals surface area contributed by atoms with Crippen molar-refractivity contribution in [1.29, 1.82) is 0 Å². The van der Waals surface area contributed by atoms with Crippen LogP contribution in [0.25, 0.3) is 0 Å². The van der Waals surface area contributed by atoms with Crippen molar-refractivity contribution in [2.75, 3.05) is 18.8 Å². The van der Waals surface area contributed by atoms with Gasteiger partial charge in [0.1, 0.15) is 0 Å². The highest BCUT2D eigenvalue weighted by molar-refractivity contribution is 7.89. The van der Waals surface area contributed by atoms with Gasteiger partial charge in [0.05, 0.1) is 5.75 Å². The Labute approximate surface area is 150 Å². The van der Waals surface area contributed by atoms with Crippen LogP contribution in [-0.4, -0.2) is 54.9 Å². The number of aliphatic carboxylic acids is 1. The molecule has 1 aliphatic rings. The molecule has 1 fully saturated rings. The lowest BCUT2D eigenvalue weighted by Gasteiger charge is -2.33. The lowest BCUT2D eigenvalue weighted by Crippen LogP contribution is -2.48. The Morgan fingerprint density at radius 2 is 1.81 bits per heavy atom. The van der Waals surface area contributed by atoms with Crippen LogP contribution in [0.1, 0.15) is 24.8 Å². The van der Waals surface area contributed by atoms with Crippen molar-refractivity contribution in [2.24, 2.45) is 5.73 Å². The number of aryl methyl sites for hydroxylation is 1. The molecule has 0 bridgehead atoms. The van der Waals surface area contributed by atoms with Gasteiger partial charge >= 0.3 is 12.1 Å². The average molecular weight is 396 g/mol. The summed E-state index contributed by atoms with van der Waals surface area (Å²) in [5.41, 5.74) is 6.75. The molecule has 3 N–H and O–H groups in total. The number of piperidine rings is 1. The topological polar surface area (TPSA) is 101 Å². The monoisotopic (exact) mass is 396 g/mol. The van der Waals surface area contributed by atoms with Crippen molar-refractivity contribution >= 4 is 16.0 Å². The molecule has 1 aromatic carbocycles. The van der Waals surface area contributed by atoms with Crippen LogP contribution in [0, 0.1) is 0 Å². The van der Waals surface area contributed by atoms with Crippen molar-refractivity contribution in [1.82, 2.24) is 4.31 Å². The average Bonchev–Trinajstić information content (AvgIpc) is 2.60. The molecule has 10 heteroatoms. The van der Waals surface area contributed by atoms with Gasteiger partial charge in [-0.2, -0.15) is 17.5 Å². The number of hydrogen-bond acceptors (Lipinski definition) is 4. The second kappa shape index (κ2) is 9.89. The van der Waals surface area contributed by atoms with E-state index >= 15 is 0 Å². The van der Waals surface area contributed by atoms with Crippen LogP contribution in [-0.2, 0) is 21.2 Å². The minimum atomic E-state index is -5.08. The molecule has 0 spiro atoms. The molecule has 1 heterocycles. The summed E-state index contributed by atoms with van der Waals surface area (Å²) in [5, 5.41) is 7.12. The normalized spacial score (nSPS) is 18.7. The number of carbonyl (C=O) groups is 1. The molecule has 148 valence electrons. The molecule has 0 aliphatic carbocycles. The number of alkyl halides is 3. The third kappa shape index (κ3) is 7.30. The predicted octanol–water partition coefficient (Wildman–Crippen LogP) is 2.01. The second-order valence-corrected chi connectivity index (χ2v) is 7.89. The summed E-state index contributed by atoms with van der Waals surface area (Å²) in [4.78, 5) is 8.90. The maximum atomic E-state index is 12.4. The quantitative estimate of drug-likeness (QED) is 0.793. The molecule has 0 aromatic heterocycles. The third-order valence-corrected chi connectivity index (χ3v) is 5.85. The number of rotatable bonds is 5. The summed E-state index contributed by atoms with van der Waals surface area (Å²) in [6, 6.07) is 9.73. The fourth-order valence-corrected chi connectivity index (χ4v) is 4.37. The number of hydrogen-bond donors (Lipinski definition) is 2. The van der Waals surface area contributed by atoms with Crippen LogP contribution >= 0.6 is 0 Å². The molecule has 0 radical (unpaired) electrons. The Bertz CT molecular complexity index is 666. The SMILES string of the molecule is NCC1CCCCN1S(=O)(=O)CCc1ccccc1.O=C(O)C(F)(F)F. The fourth-order valence-electron chi connectivity index (χ4n) is 2.58. The maximum absolute atomic E-state index is 12.4. The van der Waals surface area contributed by atoms with E-state index in [9.17, 15) is 21.6 Å². The third-order valence-electron chi connectivity index (χ3n) is 3.94. The lowest BCUT2D eigenvalue weighted by atomic mass is 10.1. The van der Waals surface area contributed by atoms with Gasteiger partial charge in [0, 0.05) is 19.1 Å². The number of sulfonamides is 1. The van der Waals surface area contributed by atoms with Gasteiger partial charge < -0.3 is 10.8 Å². The molecule has 1 saturated heterocycles. The van der Waals surface area contributed by atoms with Crippen molar-refractivity contribution in [3.8, 4) is 0 Å². The van der Waals surface area contributed by atoms with Crippen molar-refractivity contribution in [2.45, 2.75) is 37.9 Å². The molecule has 1 aromatic rings. The molecule has 0 saturated carbocycles. The highest BCUT2D eigenvalue weighted by Crippen LogP contribution is 2.20. The minimum absolute atomic E-state index is 0.00507. The van der Waals surface area contributed by atoms with Crippen molar-refractivity contribution in [3.63, 3.8) is 0 Å². The highest BCUT2D eigenvalue weighted by atomic mass is 32.2. The Kier molecular flexibility index (Phi) is 8.51. The second-order valence-electron chi connectivity index (χ2n) is 5.85. The molecule has 6 nitrogen and oxygen atoms in total. The molecule has 26 heavy (non-hydrogen) atoms. The lowest BCUT2D eigenvalue weighted by molar-refractivity contribution is -0.192. The summed E-state index contributed by atoms with van der Waals surface area (Å²) >= 11 is 0. The smallest absolute Gasteiger partial charge is 0.475 e. The first kappa shape index (κ1) is 22.4. The van der Waals surface area contributed by atoms with Crippen LogP contribution in [0.5, 0.6) is 0 Å². The summed E-state index contributed by atoms with van der Waals surface area (Å²) in [7, 11) is -3.19. The Morgan fingerprint density at radius 3 is 2.31 bits per heavy atom. The fraction of sp³-hybridized carbons (Fsp3) is 0.562. The van der Waals surface area contributed by atoms with Crippen LogP contribution in [0.4, 0.5) is 13.2 Å². The van der Waals surface area contributed by atoms with E-state index in [2.05, 4.69) is 0 Å². The number of benzene rings is 1. The van der Waals surface area contributed by atoms with Crippen LogP contribution in [0.15, 0.2) is 30.3 Å². The standard InChI is InChI=1S/C14H22N2O2S.C2HF3O2/c15-12-14-8-4-5-10-16(14)19(17,18)11-9-13-6-2-1-3-7-13;3-2(4,5)1(6)7/h1-3,6-7,14H,4-5,8-12,15H2;(H,6,7). The Morgan fingerprint density at radius 1 is 1.23 bits per heavy atom. The van der Waals surface area contributed by atoms with E-state index in [-0.39, 0.29) is 11.8 Å². The molecule has 1 atom stereocenters. The molecular weight excluding hydrogens is 373 g/mol. The molecule has 1 unspecified atom stereocenters.